The standard InChI is InChI=1S/C24H26O6.C23H24O6/c1-12(2)6-8-14-16(25)10-19-21(22(14)27)23(28)20-15(9-7-13(3)4)24(29-5)17(26)11-18(20)30-19;1-11(2)5-7-13-15(24)9-18-20(22(13)27)23(28)19-14(8-6-12(3)4)21(26)16(25)10-17(19)29-18/h6-7,10-11,25-27H,8-9H2,1-5H3;5-6,9-10,24-27H,7-8H2,1-4H3. The summed E-state index contributed by atoms with van der Waals surface area (Å²) in [5.74, 6) is -1.79. The van der Waals surface area contributed by atoms with Gasteiger partial charge in [0, 0.05) is 46.5 Å². The van der Waals surface area contributed by atoms with E-state index in [1.807, 2.05) is 79.7 Å². The highest BCUT2D eigenvalue weighted by Gasteiger charge is 2.24. The van der Waals surface area contributed by atoms with Crippen molar-refractivity contribution in [2.45, 2.75) is 81.1 Å². The van der Waals surface area contributed by atoms with Crippen LogP contribution in [-0.2, 0) is 25.7 Å². The molecule has 0 spiro atoms. The number of aromatic hydroxyl groups is 7. The maximum atomic E-state index is 13.5. The largest absolute Gasteiger partial charge is 0.507 e. The van der Waals surface area contributed by atoms with E-state index in [9.17, 15) is 45.3 Å². The van der Waals surface area contributed by atoms with Crippen LogP contribution < -0.4 is 15.6 Å². The lowest BCUT2D eigenvalue weighted by atomic mass is 9.98. The molecule has 59 heavy (non-hydrogen) atoms. The van der Waals surface area contributed by atoms with Crippen LogP contribution in [0.25, 0.3) is 43.9 Å². The summed E-state index contributed by atoms with van der Waals surface area (Å²) in [6.07, 6.45) is 8.48. The lowest BCUT2D eigenvalue weighted by Gasteiger charge is -2.14. The van der Waals surface area contributed by atoms with E-state index < -0.39 is 22.4 Å². The molecule has 0 amide bonds. The molecule has 0 aliphatic heterocycles. The Hall–Kier alpha value is -6.82. The summed E-state index contributed by atoms with van der Waals surface area (Å²) in [4.78, 5) is 26.8. The lowest BCUT2D eigenvalue weighted by Crippen LogP contribution is -2.08. The highest BCUT2D eigenvalue weighted by atomic mass is 16.5. The van der Waals surface area contributed by atoms with Crippen molar-refractivity contribution >= 4 is 43.9 Å². The van der Waals surface area contributed by atoms with Gasteiger partial charge in [0.25, 0.3) is 0 Å². The first-order valence-electron chi connectivity index (χ1n) is 18.9. The summed E-state index contributed by atoms with van der Waals surface area (Å²) in [5, 5.41) is 73.3. The van der Waals surface area contributed by atoms with Gasteiger partial charge in [-0.3, -0.25) is 9.59 Å². The van der Waals surface area contributed by atoms with Gasteiger partial charge in [0.2, 0.25) is 10.9 Å². The molecule has 2 heterocycles. The maximum absolute atomic E-state index is 13.5. The molecule has 0 radical (unpaired) electrons. The van der Waals surface area contributed by atoms with Crippen molar-refractivity contribution < 1.29 is 49.3 Å². The number of phenols is 7. The third-order valence-corrected chi connectivity index (χ3v) is 9.77. The zero-order chi connectivity index (χ0) is 43.6. The number of methoxy groups -OCH3 is 1. The first-order valence-corrected chi connectivity index (χ1v) is 18.9. The third kappa shape index (κ3) is 8.72. The van der Waals surface area contributed by atoms with Crippen LogP contribution in [-0.4, -0.2) is 42.9 Å². The second-order valence-electron chi connectivity index (χ2n) is 15.4. The molecule has 2 aromatic heterocycles. The molecule has 310 valence electrons. The number of hydrogen-bond acceptors (Lipinski definition) is 12. The Morgan fingerprint density at radius 3 is 1.17 bits per heavy atom. The SMILES string of the molecule is CC(C)=CCc1c(O)cc2oc3cc(O)c(O)c(CC=C(C)C)c3c(=O)c2c1O.COc1c(O)cc2oc3cc(O)c(CC=C(C)C)c(O)c3c(=O)c2c1CC=C(C)C. The summed E-state index contributed by atoms with van der Waals surface area (Å²) in [7, 11) is 1.42. The van der Waals surface area contributed by atoms with Gasteiger partial charge in [-0.05, 0) is 81.1 Å². The van der Waals surface area contributed by atoms with Crippen LogP contribution in [0, 0.1) is 0 Å². The van der Waals surface area contributed by atoms with Gasteiger partial charge in [-0.25, -0.2) is 0 Å². The first-order chi connectivity index (χ1) is 27.8. The molecular weight excluding hydrogens is 757 g/mol. The second-order valence-corrected chi connectivity index (χ2v) is 15.4. The van der Waals surface area contributed by atoms with Gasteiger partial charge in [-0.1, -0.05) is 46.6 Å². The van der Waals surface area contributed by atoms with Crippen LogP contribution in [0.4, 0.5) is 0 Å². The fraction of sp³-hybridized carbons (Fsp3) is 0.277. The van der Waals surface area contributed by atoms with Gasteiger partial charge in [-0.15, -0.1) is 0 Å². The molecule has 12 nitrogen and oxygen atoms in total. The highest BCUT2D eigenvalue weighted by molar-refractivity contribution is 5.99. The number of hydrogen-bond donors (Lipinski definition) is 7. The molecule has 0 atom stereocenters. The number of allylic oxidation sites excluding steroid dienone is 8. The minimum atomic E-state index is -0.537. The highest BCUT2D eigenvalue weighted by Crippen LogP contribution is 2.42. The molecule has 0 unspecified atom stereocenters. The fourth-order valence-corrected chi connectivity index (χ4v) is 6.70. The van der Waals surface area contributed by atoms with Crippen molar-refractivity contribution in [3.63, 3.8) is 0 Å². The maximum Gasteiger partial charge on any atom is 0.204 e. The van der Waals surface area contributed by atoms with Crippen LogP contribution in [0.5, 0.6) is 46.0 Å². The quantitative estimate of drug-likeness (QED) is 0.0413. The van der Waals surface area contributed by atoms with Crippen LogP contribution in [0.3, 0.4) is 0 Å². The third-order valence-electron chi connectivity index (χ3n) is 9.77. The summed E-state index contributed by atoms with van der Waals surface area (Å²) < 4.78 is 16.9. The zero-order valence-corrected chi connectivity index (χ0v) is 34.6. The minimum Gasteiger partial charge on any atom is -0.507 e. The Balaban J connectivity index is 0.000000224. The zero-order valence-electron chi connectivity index (χ0n) is 34.6. The number of rotatable bonds is 9. The van der Waals surface area contributed by atoms with Gasteiger partial charge in [0.1, 0.15) is 56.1 Å². The molecule has 4 aromatic carbocycles. The summed E-state index contributed by atoms with van der Waals surface area (Å²) >= 11 is 0. The van der Waals surface area contributed by atoms with Crippen LogP contribution in [0.2, 0.25) is 0 Å². The molecule has 6 aromatic rings. The average Bonchev–Trinajstić information content (AvgIpc) is 3.13. The smallest absolute Gasteiger partial charge is 0.204 e. The first kappa shape index (κ1) is 43.3. The molecule has 0 aliphatic carbocycles. The molecule has 12 heteroatoms. The Bertz CT molecular complexity index is 2890. The van der Waals surface area contributed by atoms with E-state index in [0.29, 0.717) is 12.0 Å². The normalized spacial score (nSPS) is 11.0. The van der Waals surface area contributed by atoms with Gasteiger partial charge in [-0.2, -0.15) is 0 Å². The van der Waals surface area contributed by atoms with E-state index in [1.54, 1.807) is 0 Å². The van der Waals surface area contributed by atoms with E-state index in [1.165, 1.54) is 25.3 Å². The summed E-state index contributed by atoms with van der Waals surface area (Å²) in [5.41, 5.74) is 4.47. The molecule has 0 saturated carbocycles. The molecule has 0 fully saturated rings. The summed E-state index contributed by atoms with van der Waals surface area (Å²) in [6, 6.07) is 5.07. The lowest BCUT2D eigenvalue weighted by molar-refractivity contribution is 0.370. The topological polar surface area (TPSA) is 211 Å². The molecular formula is C47H50O12. The van der Waals surface area contributed by atoms with Crippen molar-refractivity contribution in [3.05, 3.63) is 114 Å². The van der Waals surface area contributed by atoms with Crippen LogP contribution in [0.1, 0.15) is 77.6 Å². The number of benzene rings is 4. The summed E-state index contributed by atoms with van der Waals surface area (Å²) in [6.45, 7) is 15.2. The van der Waals surface area contributed by atoms with Crippen molar-refractivity contribution in [1.82, 2.24) is 0 Å². The molecule has 7 N–H and O–H groups in total. The molecule has 0 saturated heterocycles. The number of fused-ring (bicyclic) bond motifs is 4. The van der Waals surface area contributed by atoms with Gasteiger partial charge in [0.15, 0.2) is 23.0 Å². The fourth-order valence-electron chi connectivity index (χ4n) is 6.70. The second kappa shape index (κ2) is 17.4. The van der Waals surface area contributed by atoms with Crippen molar-refractivity contribution in [1.29, 1.82) is 0 Å². The van der Waals surface area contributed by atoms with E-state index in [-0.39, 0.29) is 114 Å². The molecule has 0 bridgehead atoms. The van der Waals surface area contributed by atoms with E-state index in [0.717, 1.165) is 28.4 Å². The molecule has 6 rings (SSSR count). The van der Waals surface area contributed by atoms with Crippen molar-refractivity contribution in [2.75, 3.05) is 7.11 Å². The van der Waals surface area contributed by atoms with E-state index in [4.69, 9.17) is 13.6 Å². The predicted molar refractivity (Wildman–Crippen MR) is 231 cm³/mol. The minimum absolute atomic E-state index is 0.00305. The number of phenolic OH excluding ortho intramolecular Hbond substituents is 7. The van der Waals surface area contributed by atoms with Crippen LogP contribution in [0.15, 0.2) is 89.3 Å². The van der Waals surface area contributed by atoms with E-state index >= 15 is 0 Å². The average molecular weight is 807 g/mol. The Labute approximate surface area is 340 Å². The Kier molecular flexibility index (Phi) is 12.7. The van der Waals surface area contributed by atoms with Gasteiger partial charge < -0.3 is 49.3 Å². The van der Waals surface area contributed by atoms with E-state index in [2.05, 4.69) is 0 Å². The van der Waals surface area contributed by atoms with Crippen LogP contribution >= 0.6 is 0 Å². The Morgan fingerprint density at radius 2 is 0.780 bits per heavy atom. The molecule has 0 aliphatic rings. The van der Waals surface area contributed by atoms with Gasteiger partial charge in [0.05, 0.1) is 17.9 Å². The number of ether oxygens (including phenoxy) is 1. The van der Waals surface area contributed by atoms with Gasteiger partial charge >= 0.3 is 0 Å². The van der Waals surface area contributed by atoms with Crippen molar-refractivity contribution in [3.8, 4) is 46.0 Å². The Morgan fingerprint density at radius 1 is 0.458 bits per heavy atom. The van der Waals surface area contributed by atoms with Crippen molar-refractivity contribution in [2.24, 2.45) is 0 Å². The predicted octanol–water partition coefficient (Wildman–Crippen LogP) is 9.87. The monoisotopic (exact) mass is 806 g/mol.